The molecule has 0 atom stereocenters. The van der Waals surface area contributed by atoms with Gasteiger partial charge in [0.2, 0.25) is 0 Å². The fourth-order valence-corrected chi connectivity index (χ4v) is 2.07. The van der Waals surface area contributed by atoms with Crippen molar-refractivity contribution in [1.82, 2.24) is 0 Å². The van der Waals surface area contributed by atoms with Crippen LogP contribution in [0.4, 0.5) is 0 Å². The smallest absolute Gasteiger partial charge is 0.160 e. The summed E-state index contributed by atoms with van der Waals surface area (Å²) >= 11 is 0. The van der Waals surface area contributed by atoms with Gasteiger partial charge in [0.15, 0.2) is 6.29 Å². The molecule has 1 aromatic carbocycles. The Kier molecular flexibility index (Phi) is 7.76. The van der Waals surface area contributed by atoms with Gasteiger partial charge >= 0.3 is 0 Å². The fourth-order valence-electron chi connectivity index (χ4n) is 2.07. The molecule has 21 heavy (non-hydrogen) atoms. The molecular weight excluding hydrogens is 264 g/mol. The van der Waals surface area contributed by atoms with E-state index in [1.807, 2.05) is 26.0 Å². The minimum absolute atomic E-state index is 0.168. The Labute approximate surface area is 129 Å². The first-order valence-corrected chi connectivity index (χ1v) is 8.00. The van der Waals surface area contributed by atoms with Crippen molar-refractivity contribution in [3.8, 4) is 5.75 Å². The van der Waals surface area contributed by atoms with E-state index in [0.29, 0.717) is 19.8 Å². The molecule has 1 aromatic rings. The lowest BCUT2D eigenvalue weighted by molar-refractivity contribution is -0.142. The Hall–Kier alpha value is -1.06. The van der Waals surface area contributed by atoms with Crippen molar-refractivity contribution in [1.29, 1.82) is 0 Å². The molecular formula is C18H30O3. The van der Waals surface area contributed by atoms with E-state index < -0.39 is 0 Å². The van der Waals surface area contributed by atoms with Gasteiger partial charge in [-0.1, -0.05) is 32.9 Å². The standard InChI is InChI=1S/C18H30O3/c1-6-18(4,5)15-9-11-16(12-10-15)21-14-13-17(19-7-2)20-8-3/h9-12,17H,6-8,13-14H2,1-5H3. The van der Waals surface area contributed by atoms with Crippen LogP contribution in [0.25, 0.3) is 0 Å². The molecule has 0 radical (unpaired) electrons. The van der Waals surface area contributed by atoms with Crippen LogP contribution in [0, 0.1) is 0 Å². The van der Waals surface area contributed by atoms with Gasteiger partial charge in [-0.2, -0.15) is 0 Å². The molecule has 3 heteroatoms. The van der Waals surface area contributed by atoms with E-state index >= 15 is 0 Å². The summed E-state index contributed by atoms with van der Waals surface area (Å²) in [6.07, 6.45) is 1.69. The first kappa shape index (κ1) is 18.0. The van der Waals surface area contributed by atoms with Gasteiger partial charge in [-0.25, -0.2) is 0 Å². The molecule has 0 saturated heterocycles. The molecule has 0 saturated carbocycles. The second kappa shape index (κ2) is 9.06. The largest absolute Gasteiger partial charge is 0.493 e. The van der Waals surface area contributed by atoms with E-state index in [4.69, 9.17) is 14.2 Å². The van der Waals surface area contributed by atoms with Gasteiger partial charge in [0.1, 0.15) is 5.75 Å². The summed E-state index contributed by atoms with van der Waals surface area (Å²) in [4.78, 5) is 0. The minimum Gasteiger partial charge on any atom is -0.493 e. The first-order valence-electron chi connectivity index (χ1n) is 8.00. The molecule has 0 fully saturated rings. The molecule has 0 aliphatic carbocycles. The van der Waals surface area contributed by atoms with Crippen LogP contribution in [0.2, 0.25) is 0 Å². The zero-order valence-electron chi connectivity index (χ0n) is 14.1. The summed E-state index contributed by atoms with van der Waals surface area (Å²) < 4.78 is 16.8. The monoisotopic (exact) mass is 294 g/mol. The van der Waals surface area contributed by atoms with Crippen LogP contribution in [0.15, 0.2) is 24.3 Å². The topological polar surface area (TPSA) is 27.7 Å². The lowest BCUT2D eigenvalue weighted by Crippen LogP contribution is -2.20. The molecule has 0 amide bonds. The molecule has 0 aliphatic heterocycles. The van der Waals surface area contributed by atoms with Crippen LogP contribution in [-0.4, -0.2) is 26.1 Å². The molecule has 1 rings (SSSR count). The number of ether oxygens (including phenoxy) is 3. The van der Waals surface area contributed by atoms with Gasteiger partial charge in [-0.15, -0.1) is 0 Å². The maximum atomic E-state index is 5.77. The minimum atomic E-state index is -0.168. The van der Waals surface area contributed by atoms with E-state index in [2.05, 4.69) is 32.9 Å². The van der Waals surface area contributed by atoms with Crippen molar-refractivity contribution in [2.45, 2.75) is 59.2 Å². The average Bonchev–Trinajstić information content (AvgIpc) is 2.48. The molecule has 0 N–H and O–H groups in total. The second-order valence-corrected chi connectivity index (χ2v) is 5.74. The zero-order chi connectivity index (χ0) is 15.7. The maximum Gasteiger partial charge on any atom is 0.160 e. The molecule has 3 nitrogen and oxygen atoms in total. The SMILES string of the molecule is CCOC(CCOc1ccc(C(C)(C)CC)cc1)OCC. The van der Waals surface area contributed by atoms with Gasteiger partial charge in [-0.3, -0.25) is 0 Å². The lowest BCUT2D eigenvalue weighted by atomic mass is 9.82. The maximum absolute atomic E-state index is 5.77. The van der Waals surface area contributed by atoms with Crippen LogP contribution in [0.1, 0.15) is 53.0 Å². The highest BCUT2D eigenvalue weighted by Crippen LogP contribution is 2.28. The van der Waals surface area contributed by atoms with Gasteiger partial charge in [0.05, 0.1) is 6.61 Å². The van der Waals surface area contributed by atoms with Crippen molar-refractivity contribution in [3.05, 3.63) is 29.8 Å². The third kappa shape index (κ3) is 6.06. The molecule has 0 bridgehead atoms. The Morgan fingerprint density at radius 1 is 0.952 bits per heavy atom. The van der Waals surface area contributed by atoms with E-state index in [1.54, 1.807) is 0 Å². The van der Waals surface area contributed by atoms with E-state index in [9.17, 15) is 0 Å². The Morgan fingerprint density at radius 2 is 1.52 bits per heavy atom. The quantitative estimate of drug-likeness (QED) is 0.593. The van der Waals surface area contributed by atoms with E-state index in [1.165, 1.54) is 5.56 Å². The fraction of sp³-hybridized carbons (Fsp3) is 0.667. The molecule has 0 heterocycles. The summed E-state index contributed by atoms with van der Waals surface area (Å²) in [6, 6.07) is 8.40. The van der Waals surface area contributed by atoms with Crippen LogP contribution >= 0.6 is 0 Å². The van der Waals surface area contributed by atoms with Gasteiger partial charge < -0.3 is 14.2 Å². The lowest BCUT2D eigenvalue weighted by Gasteiger charge is -2.23. The van der Waals surface area contributed by atoms with Crippen LogP contribution in [0.3, 0.4) is 0 Å². The first-order chi connectivity index (χ1) is 10.0. The summed E-state index contributed by atoms with van der Waals surface area (Å²) in [5, 5.41) is 0. The normalized spacial score (nSPS) is 11.9. The van der Waals surface area contributed by atoms with Crippen molar-refractivity contribution in [2.24, 2.45) is 0 Å². The highest BCUT2D eigenvalue weighted by atomic mass is 16.7. The Morgan fingerprint density at radius 3 is 2.00 bits per heavy atom. The van der Waals surface area contributed by atoms with Crippen LogP contribution < -0.4 is 4.74 Å². The van der Waals surface area contributed by atoms with Crippen LogP contribution in [0.5, 0.6) is 5.75 Å². The molecule has 120 valence electrons. The number of hydrogen-bond acceptors (Lipinski definition) is 3. The van der Waals surface area contributed by atoms with Crippen molar-refractivity contribution in [3.63, 3.8) is 0 Å². The van der Waals surface area contributed by atoms with E-state index in [-0.39, 0.29) is 11.7 Å². The Bertz CT molecular complexity index is 378. The Balaban J connectivity index is 2.45. The number of rotatable bonds is 10. The third-order valence-corrected chi connectivity index (χ3v) is 3.85. The predicted molar refractivity (Wildman–Crippen MR) is 86.9 cm³/mol. The highest BCUT2D eigenvalue weighted by molar-refractivity contribution is 5.31. The molecule has 0 spiro atoms. The average molecular weight is 294 g/mol. The van der Waals surface area contributed by atoms with Gasteiger partial charge in [-0.05, 0) is 43.4 Å². The summed E-state index contributed by atoms with van der Waals surface area (Å²) in [7, 11) is 0. The predicted octanol–water partition coefficient (Wildman–Crippen LogP) is 4.54. The zero-order valence-corrected chi connectivity index (χ0v) is 14.1. The molecule has 0 unspecified atom stereocenters. The molecule has 0 aliphatic rings. The number of hydrogen-bond donors (Lipinski definition) is 0. The molecule has 0 aromatic heterocycles. The number of benzene rings is 1. The van der Waals surface area contributed by atoms with Crippen molar-refractivity contribution < 1.29 is 14.2 Å². The second-order valence-electron chi connectivity index (χ2n) is 5.74. The third-order valence-electron chi connectivity index (χ3n) is 3.85. The van der Waals surface area contributed by atoms with E-state index in [0.717, 1.165) is 18.6 Å². The van der Waals surface area contributed by atoms with Crippen molar-refractivity contribution in [2.75, 3.05) is 19.8 Å². The highest BCUT2D eigenvalue weighted by Gasteiger charge is 2.17. The summed E-state index contributed by atoms with van der Waals surface area (Å²) in [6.45, 7) is 12.6. The van der Waals surface area contributed by atoms with Crippen molar-refractivity contribution >= 4 is 0 Å². The summed E-state index contributed by atoms with van der Waals surface area (Å²) in [5.74, 6) is 0.900. The van der Waals surface area contributed by atoms with Gasteiger partial charge in [0, 0.05) is 19.6 Å². The van der Waals surface area contributed by atoms with Crippen LogP contribution in [-0.2, 0) is 14.9 Å². The van der Waals surface area contributed by atoms with Gasteiger partial charge in [0.25, 0.3) is 0 Å². The summed E-state index contributed by atoms with van der Waals surface area (Å²) in [5.41, 5.74) is 1.56.